The molecule has 1 aromatic rings. The van der Waals surface area contributed by atoms with Gasteiger partial charge in [0.25, 0.3) is 0 Å². The van der Waals surface area contributed by atoms with Gasteiger partial charge in [-0.1, -0.05) is 46.3 Å². The Morgan fingerprint density at radius 3 is 2.55 bits per heavy atom. The summed E-state index contributed by atoms with van der Waals surface area (Å²) >= 11 is 3.49. The minimum Gasteiger partial charge on any atom is -0.445 e. The van der Waals surface area contributed by atoms with Crippen LogP contribution in [0.5, 0.6) is 0 Å². The fraction of sp³-hybridized carbons (Fsp3) is 0.562. The highest BCUT2D eigenvalue weighted by atomic mass is 79.9. The number of rotatable bonds is 5. The average molecular weight is 340 g/mol. The van der Waals surface area contributed by atoms with E-state index in [9.17, 15) is 4.79 Å². The Labute approximate surface area is 129 Å². The number of benzene rings is 1. The Balaban J connectivity index is 1.65. The van der Waals surface area contributed by atoms with Crippen molar-refractivity contribution in [2.75, 3.05) is 5.33 Å². The van der Waals surface area contributed by atoms with Gasteiger partial charge in [0.2, 0.25) is 0 Å². The summed E-state index contributed by atoms with van der Waals surface area (Å²) in [6, 6.07) is 10.0. The summed E-state index contributed by atoms with van der Waals surface area (Å²) in [5, 5.41) is 4.06. The van der Waals surface area contributed by atoms with Gasteiger partial charge < -0.3 is 10.1 Å². The summed E-state index contributed by atoms with van der Waals surface area (Å²) in [7, 11) is 0. The smallest absolute Gasteiger partial charge is 0.407 e. The second-order valence-corrected chi connectivity index (χ2v) is 6.19. The van der Waals surface area contributed by atoms with Crippen LogP contribution in [0.1, 0.15) is 37.7 Å². The molecule has 0 spiro atoms. The van der Waals surface area contributed by atoms with Gasteiger partial charge >= 0.3 is 6.09 Å². The Bertz CT molecular complexity index is 402. The predicted octanol–water partition coefficient (Wildman–Crippen LogP) is 4.26. The van der Waals surface area contributed by atoms with Crippen LogP contribution in [0, 0.1) is 5.92 Å². The molecule has 1 N–H and O–H groups in total. The fourth-order valence-electron chi connectivity index (χ4n) is 2.68. The van der Waals surface area contributed by atoms with Crippen molar-refractivity contribution in [3.05, 3.63) is 35.9 Å². The highest BCUT2D eigenvalue weighted by molar-refractivity contribution is 9.09. The number of nitrogens with one attached hydrogen (secondary N) is 1. The number of halogens is 1. The van der Waals surface area contributed by atoms with E-state index >= 15 is 0 Å². The molecule has 20 heavy (non-hydrogen) atoms. The summed E-state index contributed by atoms with van der Waals surface area (Å²) in [6.45, 7) is 0.339. The molecular formula is C16H22BrNO2. The molecule has 0 heterocycles. The van der Waals surface area contributed by atoms with E-state index in [0.29, 0.717) is 6.61 Å². The second kappa shape index (κ2) is 8.30. The van der Waals surface area contributed by atoms with Gasteiger partial charge in [-0.3, -0.25) is 0 Å². The molecule has 0 aliphatic heterocycles. The second-order valence-electron chi connectivity index (χ2n) is 5.40. The maximum Gasteiger partial charge on any atom is 0.407 e. The van der Waals surface area contributed by atoms with Crippen LogP contribution < -0.4 is 5.32 Å². The minimum atomic E-state index is -0.294. The van der Waals surface area contributed by atoms with Crippen LogP contribution >= 0.6 is 15.9 Å². The first-order chi connectivity index (χ1) is 9.78. The first-order valence-corrected chi connectivity index (χ1v) is 8.43. The third-order valence-corrected chi connectivity index (χ3v) is 4.36. The van der Waals surface area contributed by atoms with Gasteiger partial charge in [0.1, 0.15) is 6.61 Å². The highest BCUT2D eigenvalue weighted by Gasteiger charge is 2.22. The molecule has 1 aromatic carbocycles. The number of ether oxygens (including phenoxy) is 1. The van der Waals surface area contributed by atoms with Crippen LogP contribution in [0.25, 0.3) is 0 Å². The molecule has 0 unspecified atom stereocenters. The molecule has 0 aromatic heterocycles. The van der Waals surface area contributed by atoms with Crippen LogP contribution in [0.15, 0.2) is 30.3 Å². The van der Waals surface area contributed by atoms with Gasteiger partial charge in [0.05, 0.1) is 0 Å². The number of hydrogen-bond acceptors (Lipinski definition) is 2. The molecule has 0 radical (unpaired) electrons. The normalized spacial score (nSPS) is 22.2. The Kier molecular flexibility index (Phi) is 6.37. The monoisotopic (exact) mass is 339 g/mol. The molecule has 1 saturated carbocycles. The van der Waals surface area contributed by atoms with Gasteiger partial charge in [0, 0.05) is 11.4 Å². The summed E-state index contributed by atoms with van der Waals surface area (Å²) < 4.78 is 5.25. The van der Waals surface area contributed by atoms with Gasteiger partial charge in [-0.2, -0.15) is 0 Å². The highest BCUT2D eigenvalue weighted by Crippen LogP contribution is 2.27. The molecule has 0 atom stereocenters. The quantitative estimate of drug-likeness (QED) is 0.814. The zero-order valence-electron chi connectivity index (χ0n) is 11.7. The average Bonchev–Trinajstić information content (AvgIpc) is 2.49. The molecular weight excluding hydrogens is 318 g/mol. The van der Waals surface area contributed by atoms with Crippen molar-refractivity contribution in [3.63, 3.8) is 0 Å². The standard InChI is InChI=1S/C16H22BrNO2/c17-11-10-13-6-8-15(9-7-13)18-16(19)20-12-14-4-2-1-3-5-14/h1-5,13,15H,6-12H2,(H,18,19). The van der Waals surface area contributed by atoms with E-state index in [4.69, 9.17) is 4.74 Å². The first kappa shape index (κ1) is 15.4. The number of carbonyl (C=O) groups is 1. The van der Waals surface area contributed by atoms with Crippen LogP contribution in [0.4, 0.5) is 4.79 Å². The van der Waals surface area contributed by atoms with Gasteiger partial charge in [-0.05, 0) is 43.6 Å². The molecule has 0 saturated heterocycles. The molecule has 1 aliphatic carbocycles. The number of amides is 1. The third kappa shape index (κ3) is 5.16. The maximum absolute atomic E-state index is 11.8. The van der Waals surface area contributed by atoms with Crippen LogP contribution in [-0.2, 0) is 11.3 Å². The summed E-state index contributed by atoms with van der Waals surface area (Å²) in [6.07, 6.45) is 5.49. The summed E-state index contributed by atoms with van der Waals surface area (Å²) in [5.41, 5.74) is 1.02. The predicted molar refractivity (Wildman–Crippen MR) is 83.9 cm³/mol. The lowest BCUT2D eigenvalue weighted by molar-refractivity contribution is 0.131. The van der Waals surface area contributed by atoms with Crippen LogP contribution in [0.3, 0.4) is 0 Å². The number of carbonyl (C=O) groups excluding carboxylic acids is 1. The third-order valence-electron chi connectivity index (χ3n) is 3.90. The van der Waals surface area contributed by atoms with E-state index in [1.165, 1.54) is 19.3 Å². The van der Waals surface area contributed by atoms with Crippen molar-refractivity contribution in [2.24, 2.45) is 5.92 Å². The van der Waals surface area contributed by atoms with Crippen LogP contribution in [0.2, 0.25) is 0 Å². The first-order valence-electron chi connectivity index (χ1n) is 7.31. The molecule has 1 fully saturated rings. The summed E-state index contributed by atoms with van der Waals surface area (Å²) in [5.74, 6) is 0.813. The van der Waals surface area contributed by atoms with Crippen molar-refractivity contribution in [1.82, 2.24) is 5.32 Å². The number of alkyl carbamates (subject to hydrolysis) is 1. The van der Waals surface area contributed by atoms with Gasteiger partial charge in [-0.15, -0.1) is 0 Å². The SMILES string of the molecule is O=C(NC1CCC(CCBr)CC1)OCc1ccccc1. The van der Waals surface area contributed by atoms with E-state index in [-0.39, 0.29) is 12.1 Å². The topological polar surface area (TPSA) is 38.3 Å². The Hall–Kier alpha value is -1.03. The molecule has 2 rings (SSSR count). The lowest BCUT2D eigenvalue weighted by atomic mass is 9.85. The van der Waals surface area contributed by atoms with Crippen LogP contribution in [-0.4, -0.2) is 17.5 Å². The fourth-order valence-corrected chi connectivity index (χ4v) is 3.33. The van der Waals surface area contributed by atoms with Crippen molar-refractivity contribution in [1.29, 1.82) is 0 Å². The molecule has 1 amide bonds. The Morgan fingerprint density at radius 2 is 1.90 bits per heavy atom. The van der Waals surface area contributed by atoms with E-state index in [0.717, 1.165) is 29.7 Å². The molecule has 0 bridgehead atoms. The van der Waals surface area contributed by atoms with Crippen molar-refractivity contribution in [2.45, 2.75) is 44.8 Å². The van der Waals surface area contributed by atoms with E-state index in [1.807, 2.05) is 30.3 Å². The Morgan fingerprint density at radius 1 is 1.20 bits per heavy atom. The van der Waals surface area contributed by atoms with E-state index in [2.05, 4.69) is 21.2 Å². The molecule has 3 nitrogen and oxygen atoms in total. The largest absolute Gasteiger partial charge is 0.445 e. The molecule has 4 heteroatoms. The van der Waals surface area contributed by atoms with Gasteiger partial charge in [-0.25, -0.2) is 4.79 Å². The van der Waals surface area contributed by atoms with Crippen molar-refractivity contribution < 1.29 is 9.53 Å². The maximum atomic E-state index is 11.8. The van der Waals surface area contributed by atoms with Crippen molar-refractivity contribution in [3.8, 4) is 0 Å². The minimum absolute atomic E-state index is 0.282. The molecule has 110 valence electrons. The number of hydrogen-bond donors (Lipinski definition) is 1. The summed E-state index contributed by atoms with van der Waals surface area (Å²) in [4.78, 5) is 11.8. The van der Waals surface area contributed by atoms with Crippen molar-refractivity contribution >= 4 is 22.0 Å². The zero-order valence-corrected chi connectivity index (χ0v) is 13.3. The zero-order chi connectivity index (χ0) is 14.2. The lowest BCUT2D eigenvalue weighted by Gasteiger charge is -2.28. The van der Waals surface area contributed by atoms with E-state index < -0.39 is 0 Å². The molecule has 1 aliphatic rings. The van der Waals surface area contributed by atoms with Gasteiger partial charge in [0.15, 0.2) is 0 Å². The number of alkyl halides is 1. The van der Waals surface area contributed by atoms with E-state index in [1.54, 1.807) is 0 Å². The lowest BCUT2D eigenvalue weighted by Crippen LogP contribution is -2.37.